The molecule has 9 nitrogen and oxygen atoms in total. The van der Waals surface area contributed by atoms with Crippen molar-refractivity contribution >= 4 is 28.9 Å². The van der Waals surface area contributed by atoms with E-state index in [2.05, 4.69) is 15.2 Å². The number of piperidine rings is 1. The summed E-state index contributed by atoms with van der Waals surface area (Å²) in [6.45, 7) is 3.05. The maximum Gasteiger partial charge on any atom is 0.293 e. The topological polar surface area (TPSA) is 131 Å². The van der Waals surface area contributed by atoms with E-state index in [9.17, 15) is 19.7 Å². The molecule has 9 heteroatoms. The largest absolute Gasteiger partial charge is 0.375 e. The van der Waals surface area contributed by atoms with Crippen LogP contribution in [0, 0.1) is 16.0 Å². The maximum absolute atomic E-state index is 11.5. The lowest BCUT2D eigenvalue weighted by Crippen LogP contribution is -2.39. The zero-order valence-electron chi connectivity index (χ0n) is 16.1. The first-order chi connectivity index (χ1) is 13.9. The molecular formula is C20H23N5O4. The van der Waals surface area contributed by atoms with Gasteiger partial charge < -0.3 is 16.0 Å². The Hall–Kier alpha value is -3.49. The minimum Gasteiger partial charge on any atom is -0.375 e. The zero-order valence-corrected chi connectivity index (χ0v) is 16.1. The van der Waals surface area contributed by atoms with Gasteiger partial charge in [-0.1, -0.05) is 6.07 Å². The summed E-state index contributed by atoms with van der Waals surface area (Å²) in [6.07, 6.45) is 3.05. The molecule has 2 aromatic rings. The average Bonchev–Trinajstić information content (AvgIpc) is 2.72. The number of ketones is 1. The Bertz CT molecular complexity index is 938. The number of Topliss-reactive ketones (excluding diaryl/α,β-unsaturated/α-hetero) is 1. The standard InChI is InChI=1S/C20H23N5O4/c1-13(26)15-4-5-17(18(11-15)25(28)29)23-12-16-3-2-8-22-20(16)24-9-6-14(7-10-24)19(21)27/h2-5,8,11,14,23H,6-7,9-10,12H2,1H3,(H2,21,27). The van der Waals surface area contributed by atoms with E-state index in [1.807, 2.05) is 12.1 Å². The molecule has 1 aromatic carbocycles. The lowest BCUT2D eigenvalue weighted by molar-refractivity contribution is -0.384. The first-order valence-electron chi connectivity index (χ1n) is 9.38. The molecule has 1 amide bonds. The molecule has 1 fully saturated rings. The predicted octanol–water partition coefficient (Wildman–Crippen LogP) is 2.51. The third-order valence-electron chi connectivity index (χ3n) is 5.13. The van der Waals surface area contributed by atoms with Crippen molar-refractivity contribution in [1.29, 1.82) is 0 Å². The third kappa shape index (κ3) is 4.68. The van der Waals surface area contributed by atoms with Gasteiger partial charge in [0.15, 0.2) is 5.78 Å². The summed E-state index contributed by atoms with van der Waals surface area (Å²) in [5.41, 5.74) is 6.77. The molecule has 0 bridgehead atoms. The number of carbonyl (C=O) groups is 2. The number of aromatic nitrogens is 1. The summed E-state index contributed by atoms with van der Waals surface area (Å²) in [7, 11) is 0. The molecule has 152 valence electrons. The van der Waals surface area contributed by atoms with Crippen molar-refractivity contribution in [3.05, 3.63) is 57.8 Å². The van der Waals surface area contributed by atoms with E-state index < -0.39 is 4.92 Å². The van der Waals surface area contributed by atoms with Gasteiger partial charge in [0.25, 0.3) is 5.69 Å². The van der Waals surface area contributed by atoms with Crippen molar-refractivity contribution in [3.8, 4) is 0 Å². The summed E-state index contributed by atoms with van der Waals surface area (Å²) in [5.74, 6) is 0.173. The minimum absolute atomic E-state index is 0.112. The van der Waals surface area contributed by atoms with E-state index in [4.69, 9.17) is 5.73 Å². The van der Waals surface area contributed by atoms with Crippen molar-refractivity contribution in [2.24, 2.45) is 11.7 Å². The highest BCUT2D eigenvalue weighted by atomic mass is 16.6. The monoisotopic (exact) mass is 397 g/mol. The molecule has 1 aliphatic rings. The van der Waals surface area contributed by atoms with Crippen LogP contribution >= 0.6 is 0 Å². The molecule has 0 atom stereocenters. The summed E-state index contributed by atoms with van der Waals surface area (Å²) in [5, 5.41) is 14.5. The van der Waals surface area contributed by atoms with E-state index in [0.717, 1.165) is 11.4 Å². The van der Waals surface area contributed by atoms with Gasteiger partial charge in [0.1, 0.15) is 11.5 Å². The lowest BCUT2D eigenvalue weighted by atomic mass is 9.96. The Balaban J connectivity index is 1.76. The van der Waals surface area contributed by atoms with Crippen molar-refractivity contribution in [2.75, 3.05) is 23.3 Å². The Morgan fingerprint density at radius 2 is 2.03 bits per heavy atom. The van der Waals surface area contributed by atoms with Gasteiger partial charge in [-0.05, 0) is 38.0 Å². The van der Waals surface area contributed by atoms with Crippen molar-refractivity contribution < 1.29 is 14.5 Å². The number of pyridine rings is 1. The number of amides is 1. The summed E-state index contributed by atoms with van der Waals surface area (Å²) in [6, 6.07) is 8.11. The molecule has 0 unspecified atom stereocenters. The SMILES string of the molecule is CC(=O)c1ccc(NCc2cccnc2N2CCC(C(N)=O)CC2)c([N+](=O)[O-])c1. The molecule has 2 heterocycles. The van der Waals surface area contributed by atoms with E-state index in [-0.39, 0.29) is 23.3 Å². The quantitative estimate of drug-likeness (QED) is 0.417. The van der Waals surface area contributed by atoms with Gasteiger partial charge in [-0.15, -0.1) is 0 Å². The van der Waals surface area contributed by atoms with E-state index in [1.54, 1.807) is 18.3 Å². The van der Waals surface area contributed by atoms with E-state index in [1.165, 1.54) is 13.0 Å². The van der Waals surface area contributed by atoms with Crippen LogP contribution in [-0.4, -0.2) is 34.7 Å². The Morgan fingerprint density at radius 1 is 1.31 bits per heavy atom. The summed E-state index contributed by atoms with van der Waals surface area (Å²) in [4.78, 5) is 40.4. The lowest BCUT2D eigenvalue weighted by Gasteiger charge is -2.32. The number of benzene rings is 1. The molecule has 0 aliphatic carbocycles. The second-order valence-electron chi connectivity index (χ2n) is 7.05. The Labute approximate surface area is 168 Å². The fourth-order valence-electron chi connectivity index (χ4n) is 3.47. The number of anilines is 2. The van der Waals surface area contributed by atoms with Crippen molar-refractivity contribution in [3.63, 3.8) is 0 Å². The number of hydrogen-bond donors (Lipinski definition) is 2. The number of carbonyl (C=O) groups excluding carboxylic acids is 2. The first kappa shape index (κ1) is 20.2. The summed E-state index contributed by atoms with van der Waals surface area (Å²) < 4.78 is 0. The fraction of sp³-hybridized carbons (Fsp3) is 0.350. The zero-order chi connectivity index (χ0) is 21.0. The van der Waals surface area contributed by atoms with Crippen LogP contribution in [0.15, 0.2) is 36.5 Å². The fourth-order valence-corrected chi connectivity index (χ4v) is 3.47. The number of nitrogens with zero attached hydrogens (tertiary/aromatic N) is 3. The number of nitro benzene ring substituents is 1. The van der Waals surface area contributed by atoms with Gasteiger partial charge in [-0.2, -0.15) is 0 Å². The number of primary amides is 1. The minimum atomic E-state index is -0.506. The van der Waals surface area contributed by atoms with Gasteiger partial charge >= 0.3 is 0 Å². The number of nitrogens with two attached hydrogens (primary N) is 1. The molecular weight excluding hydrogens is 374 g/mol. The molecule has 3 N–H and O–H groups in total. The van der Waals surface area contributed by atoms with E-state index in [0.29, 0.717) is 43.7 Å². The number of hydrogen-bond acceptors (Lipinski definition) is 7. The second-order valence-corrected chi connectivity index (χ2v) is 7.05. The number of rotatable bonds is 7. The normalized spacial score (nSPS) is 14.4. The second kappa shape index (κ2) is 8.68. The van der Waals surface area contributed by atoms with Crippen LogP contribution < -0.4 is 16.0 Å². The van der Waals surface area contributed by atoms with Crippen LogP contribution in [0.2, 0.25) is 0 Å². The summed E-state index contributed by atoms with van der Waals surface area (Å²) >= 11 is 0. The highest BCUT2D eigenvalue weighted by Gasteiger charge is 2.25. The molecule has 3 rings (SSSR count). The van der Waals surface area contributed by atoms with Crippen LogP contribution in [0.5, 0.6) is 0 Å². The van der Waals surface area contributed by atoms with Crippen LogP contribution in [0.1, 0.15) is 35.7 Å². The molecule has 0 spiro atoms. The molecule has 0 saturated carbocycles. The van der Waals surface area contributed by atoms with Crippen LogP contribution in [0.3, 0.4) is 0 Å². The van der Waals surface area contributed by atoms with Gasteiger partial charge in [-0.25, -0.2) is 4.98 Å². The highest BCUT2D eigenvalue weighted by molar-refractivity contribution is 5.95. The van der Waals surface area contributed by atoms with Gasteiger partial charge in [0, 0.05) is 48.9 Å². The van der Waals surface area contributed by atoms with Crippen LogP contribution in [-0.2, 0) is 11.3 Å². The number of nitrogens with one attached hydrogen (secondary N) is 1. The van der Waals surface area contributed by atoms with Crippen molar-refractivity contribution in [2.45, 2.75) is 26.3 Å². The Kier molecular flexibility index (Phi) is 6.06. The van der Waals surface area contributed by atoms with Gasteiger partial charge in [0.2, 0.25) is 5.91 Å². The smallest absolute Gasteiger partial charge is 0.293 e. The predicted molar refractivity (Wildman–Crippen MR) is 109 cm³/mol. The molecule has 0 radical (unpaired) electrons. The average molecular weight is 397 g/mol. The van der Waals surface area contributed by atoms with Crippen molar-refractivity contribution in [1.82, 2.24) is 4.98 Å². The molecule has 1 saturated heterocycles. The molecule has 1 aromatic heterocycles. The molecule has 1 aliphatic heterocycles. The Morgan fingerprint density at radius 3 is 2.66 bits per heavy atom. The number of nitro groups is 1. The van der Waals surface area contributed by atoms with Gasteiger partial charge in [-0.3, -0.25) is 19.7 Å². The maximum atomic E-state index is 11.5. The molecule has 29 heavy (non-hydrogen) atoms. The van der Waals surface area contributed by atoms with Gasteiger partial charge in [0.05, 0.1) is 4.92 Å². The first-order valence-corrected chi connectivity index (χ1v) is 9.38. The highest BCUT2D eigenvalue weighted by Crippen LogP contribution is 2.28. The van der Waals surface area contributed by atoms with E-state index >= 15 is 0 Å². The van der Waals surface area contributed by atoms with Crippen LogP contribution in [0.25, 0.3) is 0 Å². The van der Waals surface area contributed by atoms with Crippen LogP contribution in [0.4, 0.5) is 17.2 Å². The third-order valence-corrected chi connectivity index (χ3v) is 5.13.